The second kappa shape index (κ2) is 13.6. The zero-order valence-electron chi connectivity index (χ0n) is 6.33. The summed E-state index contributed by atoms with van der Waals surface area (Å²) >= 11 is 16.9. The summed E-state index contributed by atoms with van der Waals surface area (Å²) in [5.74, 6) is 0. The van der Waals surface area contributed by atoms with Gasteiger partial charge in [0.1, 0.15) is 4.32 Å². The average molecular weight is 278 g/mol. The first-order chi connectivity index (χ1) is 4.54. The van der Waals surface area contributed by atoms with Crippen LogP contribution in [0.3, 0.4) is 0 Å². The van der Waals surface area contributed by atoms with Crippen LogP contribution in [0, 0.1) is 0 Å². The van der Waals surface area contributed by atoms with Crippen molar-refractivity contribution in [2.24, 2.45) is 4.99 Å². The number of thiol groups is 1. The number of thiocarbonyl (C=S) groups is 1. The van der Waals surface area contributed by atoms with Gasteiger partial charge in [-0.25, -0.2) is 4.38 Å². The molecule has 0 aromatic carbocycles. The van der Waals surface area contributed by atoms with Gasteiger partial charge in [0.05, 0.1) is 0 Å². The van der Waals surface area contributed by atoms with Crippen LogP contribution in [-0.2, 0) is 44.7 Å². The van der Waals surface area contributed by atoms with E-state index in [2.05, 4.69) is 60.4 Å². The minimum Gasteiger partial charge on any atom is -0.789 e. The van der Waals surface area contributed by atoms with E-state index in [4.69, 9.17) is 0 Å². The Balaban J connectivity index is -0.000000107. The molecule has 0 atom stereocenters. The molecule has 11 heavy (non-hydrogen) atoms. The average Bonchev–Trinajstić information content (AvgIpc) is 1.89. The third-order valence-electron chi connectivity index (χ3n) is 0.396. The molecule has 0 aromatic rings. The summed E-state index contributed by atoms with van der Waals surface area (Å²) in [7, 11) is 3.31. The zero-order chi connectivity index (χ0) is 8.57. The van der Waals surface area contributed by atoms with Crippen LogP contribution in [0.4, 0.5) is 0 Å². The van der Waals surface area contributed by atoms with Gasteiger partial charge in [-0.2, -0.15) is 0 Å². The Hall–Kier alpha value is 0.973. The molecule has 0 saturated carbocycles. The van der Waals surface area contributed by atoms with E-state index in [0.29, 0.717) is 8.70 Å². The maximum atomic E-state index is 4.45. The van der Waals surface area contributed by atoms with Crippen molar-refractivity contribution in [3.05, 3.63) is 0 Å². The zero-order valence-corrected chi connectivity index (χ0v) is 12.6. The molecule has 0 heterocycles. The Morgan fingerprint density at radius 1 is 1.55 bits per heavy atom. The summed E-state index contributed by atoms with van der Waals surface area (Å²) in [5, 5.41) is 2.62. The standard InChI is InChI=1S/2C2H5NS2.Zn/c2*1-3-2(4)5;/h2*1H3,(H2,3,4,5);/q;;+2/p-2. The molecule has 0 bridgehead atoms. The summed E-state index contributed by atoms with van der Waals surface area (Å²) in [6, 6.07) is 0. The Labute approximate surface area is 102 Å². The number of rotatable bonds is 0. The molecular weight excluding hydrogens is 270 g/mol. The Bertz CT molecular complexity index is 123. The molecule has 0 aliphatic carbocycles. The molecule has 0 aromatic heterocycles. The van der Waals surface area contributed by atoms with E-state index in [1.165, 1.54) is 0 Å². The molecule has 60 valence electrons. The second-order valence-electron chi connectivity index (χ2n) is 1.04. The van der Waals surface area contributed by atoms with Gasteiger partial charge in [0, 0.05) is 14.1 Å². The van der Waals surface area contributed by atoms with Gasteiger partial charge in [-0.3, -0.25) is 0 Å². The van der Waals surface area contributed by atoms with Crippen molar-refractivity contribution in [2.75, 3.05) is 14.1 Å². The maximum absolute atomic E-state index is 4.45. The van der Waals surface area contributed by atoms with E-state index in [9.17, 15) is 0 Å². The van der Waals surface area contributed by atoms with Gasteiger partial charge in [-0.1, -0.05) is 12.2 Å². The van der Waals surface area contributed by atoms with E-state index in [1.54, 1.807) is 14.1 Å². The van der Waals surface area contributed by atoms with Crippen LogP contribution in [0.1, 0.15) is 0 Å². The van der Waals surface area contributed by atoms with Crippen molar-refractivity contribution >= 4 is 58.8 Å². The fourth-order valence-electron chi connectivity index (χ4n) is 0. The van der Waals surface area contributed by atoms with Gasteiger partial charge in [0.25, 0.3) is 0 Å². The monoisotopic (exact) mass is 276 g/mol. The van der Waals surface area contributed by atoms with E-state index in [0.717, 1.165) is 0 Å². The topological polar surface area (TPSA) is 24.4 Å². The first kappa shape index (κ1) is 17.9. The molecular formula is C4H8N2S4Zn. The Morgan fingerprint density at radius 3 is 1.73 bits per heavy atom. The summed E-state index contributed by atoms with van der Waals surface area (Å²) in [6.07, 6.45) is 0. The van der Waals surface area contributed by atoms with Crippen LogP contribution in [0.2, 0.25) is 0 Å². The van der Waals surface area contributed by atoms with Crippen LogP contribution in [0.5, 0.6) is 0 Å². The molecule has 1 N–H and O–H groups in total. The molecule has 0 saturated heterocycles. The fraction of sp³-hybridized carbons (Fsp3) is 0.500. The molecule has 0 unspecified atom stereocenters. The third kappa shape index (κ3) is 35.7. The number of nitrogens with one attached hydrogen (secondary N) is 1. The first-order valence-electron chi connectivity index (χ1n) is 2.26. The van der Waals surface area contributed by atoms with Crippen molar-refractivity contribution < 1.29 is 19.5 Å². The predicted octanol–water partition coefficient (Wildman–Crippen LogP) is 0.484. The van der Waals surface area contributed by atoms with E-state index in [1.807, 2.05) is 0 Å². The van der Waals surface area contributed by atoms with Gasteiger partial charge in [-0.05, 0) is 0 Å². The van der Waals surface area contributed by atoms with Gasteiger partial charge >= 0.3 is 19.5 Å². The van der Waals surface area contributed by atoms with E-state index >= 15 is 0 Å². The molecule has 0 fully saturated rings. The molecule has 2 nitrogen and oxygen atoms in total. The number of hydrogen-bond acceptors (Lipinski definition) is 4. The van der Waals surface area contributed by atoms with Crippen LogP contribution < -0.4 is 5.32 Å². The summed E-state index contributed by atoms with van der Waals surface area (Å²) in [4.78, 5) is 3.44. The second-order valence-corrected chi connectivity index (χ2v) is 3.23. The smallest absolute Gasteiger partial charge is 0.789 e. The van der Waals surface area contributed by atoms with Crippen LogP contribution >= 0.6 is 24.8 Å². The minimum atomic E-state index is 0. The number of hydrogen-bond donors (Lipinski definition) is 2. The summed E-state index contributed by atoms with van der Waals surface area (Å²) < 4.78 is 0.829. The van der Waals surface area contributed by atoms with Gasteiger partial charge in [0.2, 0.25) is 0 Å². The Morgan fingerprint density at radius 2 is 1.73 bits per heavy atom. The van der Waals surface area contributed by atoms with Crippen molar-refractivity contribution in [3.8, 4) is 0 Å². The minimum absolute atomic E-state index is 0. The first-order valence-corrected chi connectivity index (χ1v) is 3.93. The fourth-order valence-corrected chi connectivity index (χ4v) is 0. The maximum Gasteiger partial charge on any atom is 2.00 e. The van der Waals surface area contributed by atoms with Gasteiger partial charge in [-0.15, -0.1) is 12.6 Å². The number of aliphatic imine (C=N–C) groups is 1. The van der Waals surface area contributed by atoms with Crippen LogP contribution in [0.15, 0.2) is 4.99 Å². The van der Waals surface area contributed by atoms with Crippen LogP contribution in [-0.4, -0.2) is 22.8 Å². The summed E-state index contributed by atoms with van der Waals surface area (Å²) in [5.41, 5.74) is 0. The Kier molecular flexibility index (Phi) is 22.1. The SMILES string of the molecule is CN=C([S-])[S-].CNC(=S)S.[Zn+2]. The van der Waals surface area contributed by atoms with Crippen molar-refractivity contribution in [3.63, 3.8) is 0 Å². The molecule has 0 radical (unpaired) electrons. The van der Waals surface area contributed by atoms with E-state index in [-0.39, 0.29) is 19.5 Å². The predicted molar refractivity (Wildman–Crippen MR) is 58.7 cm³/mol. The molecule has 7 heteroatoms. The van der Waals surface area contributed by atoms with Gasteiger partial charge in [0.15, 0.2) is 0 Å². The third-order valence-corrected chi connectivity index (χ3v) is 1.19. The molecule has 0 amide bonds. The molecule has 0 aliphatic rings. The summed E-state index contributed by atoms with van der Waals surface area (Å²) in [6.45, 7) is 0. The quantitative estimate of drug-likeness (QED) is 0.168. The van der Waals surface area contributed by atoms with E-state index < -0.39 is 0 Å². The van der Waals surface area contributed by atoms with Crippen LogP contribution in [0.25, 0.3) is 0 Å². The molecule has 0 aliphatic heterocycles. The molecule has 0 spiro atoms. The molecule has 0 rings (SSSR count). The van der Waals surface area contributed by atoms with Crippen molar-refractivity contribution in [1.82, 2.24) is 5.32 Å². The normalized spacial score (nSPS) is 6.09. The largest absolute Gasteiger partial charge is 2.00 e. The number of nitrogens with zero attached hydrogens (tertiary/aromatic N) is 1. The van der Waals surface area contributed by atoms with Gasteiger partial charge < -0.3 is 35.6 Å². The van der Waals surface area contributed by atoms with Crippen molar-refractivity contribution in [2.45, 2.75) is 0 Å². The van der Waals surface area contributed by atoms with Crippen molar-refractivity contribution in [1.29, 1.82) is 0 Å².